The van der Waals surface area contributed by atoms with Gasteiger partial charge < -0.3 is 14.7 Å². The molecule has 1 saturated heterocycles. The van der Waals surface area contributed by atoms with E-state index in [4.69, 9.17) is 16.3 Å². The molecule has 1 atom stereocenters. The van der Waals surface area contributed by atoms with Crippen LogP contribution in [0.4, 0.5) is 0 Å². The number of carbonyl (C=O) groups is 1. The minimum atomic E-state index is -0.516. The van der Waals surface area contributed by atoms with E-state index < -0.39 is 6.10 Å². The summed E-state index contributed by atoms with van der Waals surface area (Å²) in [6.45, 7) is 5.58. The molecule has 1 aliphatic rings. The van der Waals surface area contributed by atoms with Crippen LogP contribution >= 0.6 is 11.6 Å². The highest BCUT2D eigenvalue weighted by Crippen LogP contribution is 2.34. The predicted molar refractivity (Wildman–Crippen MR) is 91.8 cm³/mol. The second-order valence-electron chi connectivity index (χ2n) is 6.28. The second-order valence-corrected chi connectivity index (χ2v) is 6.69. The SMILES string of the molecule is CCC(Oc1ccccc1Cl)C(=O)N1CCC(CC)(CO)CC1. The Labute approximate surface area is 143 Å². The van der Waals surface area contributed by atoms with E-state index in [-0.39, 0.29) is 17.9 Å². The van der Waals surface area contributed by atoms with Crippen molar-refractivity contribution in [3.8, 4) is 5.75 Å². The molecule has 0 radical (unpaired) electrons. The Bertz CT molecular complexity index is 521. The first-order valence-corrected chi connectivity index (χ1v) is 8.74. The van der Waals surface area contributed by atoms with Crippen molar-refractivity contribution < 1.29 is 14.6 Å². The van der Waals surface area contributed by atoms with Crippen LogP contribution in [0.5, 0.6) is 5.75 Å². The Kier molecular flexibility index (Phi) is 6.31. The van der Waals surface area contributed by atoms with Gasteiger partial charge in [-0.1, -0.05) is 37.6 Å². The van der Waals surface area contributed by atoms with Crippen molar-refractivity contribution in [1.29, 1.82) is 0 Å². The third-order valence-electron chi connectivity index (χ3n) is 4.97. The number of para-hydroxylation sites is 1. The Hall–Kier alpha value is -1.26. The lowest BCUT2D eigenvalue weighted by Crippen LogP contribution is -2.49. The number of amides is 1. The van der Waals surface area contributed by atoms with Crippen LogP contribution in [-0.2, 0) is 4.79 Å². The van der Waals surface area contributed by atoms with E-state index in [0.29, 0.717) is 30.3 Å². The lowest BCUT2D eigenvalue weighted by molar-refractivity contribution is -0.141. The molecule has 1 amide bonds. The van der Waals surface area contributed by atoms with Gasteiger partial charge in [0, 0.05) is 19.7 Å². The fourth-order valence-electron chi connectivity index (χ4n) is 3.03. The summed E-state index contributed by atoms with van der Waals surface area (Å²) in [5.74, 6) is 0.555. The maximum Gasteiger partial charge on any atom is 0.263 e. The van der Waals surface area contributed by atoms with Crippen LogP contribution in [0.2, 0.25) is 5.02 Å². The molecule has 0 aromatic heterocycles. The summed E-state index contributed by atoms with van der Waals surface area (Å²) in [5, 5.41) is 10.1. The van der Waals surface area contributed by atoms with Crippen LogP contribution in [0.3, 0.4) is 0 Å². The first-order chi connectivity index (χ1) is 11.0. The van der Waals surface area contributed by atoms with Crippen molar-refractivity contribution in [3.05, 3.63) is 29.3 Å². The summed E-state index contributed by atoms with van der Waals surface area (Å²) >= 11 is 6.11. The van der Waals surface area contributed by atoms with Crippen LogP contribution in [-0.4, -0.2) is 41.7 Å². The van der Waals surface area contributed by atoms with Crippen molar-refractivity contribution in [3.63, 3.8) is 0 Å². The lowest BCUT2D eigenvalue weighted by Gasteiger charge is -2.41. The number of aliphatic hydroxyl groups excluding tert-OH is 1. The average molecular weight is 340 g/mol. The summed E-state index contributed by atoms with van der Waals surface area (Å²) < 4.78 is 5.84. The Morgan fingerprint density at radius 3 is 2.52 bits per heavy atom. The maximum absolute atomic E-state index is 12.7. The van der Waals surface area contributed by atoms with Crippen molar-refractivity contribution in [2.75, 3.05) is 19.7 Å². The van der Waals surface area contributed by atoms with Crippen molar-refractivity contribution in [2.24, 2.45) is 5.41 Å². The quantitative estimate of drug-likeness (QED) is 0.862. The first kappa shape index (κ1) is 18.1. The number of likely N-dealkylation sites (tertiary alicyclic amines) is 1. The van der Waals surface area contributed by atoms with E-state index in [1.54, 1.807) is 12.1 Å². The molecular formula is C18H26ClNO3. The first-order valence-electron chi connectivity index (χ1n) is 8.36. The zero-order chi connectivity index (χ0) is 16.9. The zero-order valence-corrected chi connectivity index (χ0v) is 14.7. The van der Waals surface area contributed by atoms with Gasteiger partial charge in [-0.2, -0.15) is 0 Å². The smallest absolute Gasteiger partial charge is 0.263 e. The normalized spacial score (nSPS) is 18.5. The molecule has 1 unspecified atom stereocenters. The van der Waals surface area contributed by atoms with Crippen molar-refractivity contribution in [1.82, 2.24) is 4.90 Å². The standard InChI is InChI=1S/C18H26ClNO3/c1-3-15(23-16-8-6-5-7-14(16)19)17(22)20-11-9-18(4-2,13-21)10-12-20/h5-8,15,21H,3-4,9-13H2,1-2H3. The number of rotatable bonds is 6. The highest BCUT2D eigenvalue weighted by Gasteiger charge is 2.36. The molecule has 4 nitrogen and oxygen atoms in total. The lowest BCUT2D eigenvalue weighted by atomic mass is 9.77. The molecule has 0 bridgehead atoms. The molecule has 1 heterocycles. The van der Waals surface area contributed by atoms with Crippen LogP contribution in [0, 0.1) is 5.41 Å². The summed E-state index contributed by atoms with van der Waals surface area (Å²) in [5.41, 5.74) is -0.0257. The van der Waals surface area contributed by atoms with Crippen molar-refractivity contribution >= 4 is 17.5 Å². The summed E-state index contributed by atoms with van der Waals surface area (Å²) in [6, 6.07) is 7.21. The average Bonchev–Trinajstić information content (AvgIpc) is 2.60. The molecule has 0 spiro atoms. The molecule has 1 aliphatic heterocycles. The number of hydrogen-bond acceptors (Lipinski definition) is 3. The van der Waals surface area contributed by atoms with Crippen LogP contribution < -0.4 is 4.74 Å². The molecule has 0 aliphatic carbocycles. The number of hydrogen-bond donors (Lipinski definition) is 1. The van der Waals surface area contributed by atoms with Gasteiger partial charge in [-0.05, 0) is 43.2 Å². The monoisotopic (exact) mass is 339 g/mol. The number of carbonyl (C=O) groups excluding carboxylic acids is 1. The Morgan fingerprint density at radius 1 is 1.35 bits per heavy atom. The number of benzene rings is 1. The summed E-state index contributed by atoms with van der Waals surface area (Å²) in [7, 11) is 0. The maximum atomic E-state index is 12.7. The minimum absolute atomic E-state index is 0.00932. The molecule has 0 saturated carbocycles. The fraction of sp³-hybridized carbons (Fsp3) is 0.611. The molecule has 1 aromatic rings. The molecule has 23 heavy (non-hydrogen) atoms. The molecule has 1 N–H and O–H groups in total. The minimum Gasteiger partial charge on any atom is -0.479 e. The van der Waals surface area contributed by atoms with Gasteiger partial charge >= 0.3 is 0 Å². The van der Waals surface area contributed by atoms with Crippen LogP contribution in [0.15, 0.2) is 24.3 Å². The van der Waals surface area contributed by atoms with Gasteiger partial charge in [-0.3, -0.25) is 4.79 Å². The highest BCUT2D eigenvalue weighted by molar-refractivity contribution is 6.32. The second kappa shape index (κ2) is 8.02. The van der Waals surface area contributed by atoms with Gasteiger partial charge in [-0.25, -0.2) is 0 Å². The number of nitrogens with zero attached hydrogens (tertiary/aromatic N) is 1. The fourth-order valence-corrected chi connectivity index (χ4v) is 3.21. The van der Waals surface area contributed by atoms with Gasteiger partial charge in [0.25, 0.3) is 5.91 Å². The van der Waals surface area contributed by atoms with Crippen LogP contribution in [0.25, 0.3) is 0 Å². The Morgan fingerprint density at radius 2 is 2.00 bits per heavy atom. The van der Waals surface area contributed by atoms with Crippen molar-refractivity contribution in [2.45, 2.75) is 45.6 Å². The van der Waals surface area contributed by atoms with Gasteiger partial charge in [0.1, 0.15) is 5.75 Å². The highest BCUT2D eigenvalue weighted by atomic mass is 35.5. The number of halogens is 1. The zero-order valence-electron chi connectivity index (χ0n) is 13.9. The largest absolute Gasteiger partial charge is 0.479 e. The van der Waals surface area contributed by atoms with Gasteiger partial charge in [0.15, 0.2) is 6.10 Å². The van der Waals surface area contributed by atoms with E-state index in [9.17, 15) is 9.90 Å². The molecule has 128 valence electrons. The molecule has 1 fully saturated rings. The molecular weight excluding hydrogens is 314 g/mol. The van der Waals surface area contributed by atoms with Gasteiger partial charge in [-0.15, -0.1) is 0 Å². The Balaban J connectivity index is 2.00. The predicted octanol–water partition coefficient (Wildman–Crippen LogP) is 3.51. The molecule has 1 aromatic carbocycles. The summed E-state index contributed by atoms with van der Waals surface area (Å²) in [6.07, 6.45) is 2.71. The van der Waals surface area contributed by atoms with E-state index in [1.165, 1.54) is 0 Å². The van der Waals surface area contributed by atoms with E-state index in [0.717, 1.165) is 19.3 Å². The van der Waals surface area contributed by atoms with E-state index >= 15 is 0 Å². The van der Waals surface area contributed by atoms with Gasteiger partial charge in [0.2, 0.25) is 0 Å². The van der Waals surface area contributed by atoms with Crippen LogP contribution in [0.1, 0.15) is 39.5 Å². The van der Waals surface area contributed by atoms with E-state index in [2.05, 4.69) is 6.92 Å². The molecule has 5 heteroatoms. The topological polar surface area (TPSA) is 49.8 Å². The van der Waals surface area contributed by atoms with E-state index in [1.807, 2.05) is 24.0 Å². The molecule has 2 rings (SSSR count). The third kappa shape index (κ3) is 4.18. The van der Waals surface area contributed by atoms with Gasteiger partial charge in [0.05, 0.1) is 5.02 Å². The summed E-state index contributed by atoms with van der Waals surface area (Å²) in [4.78, 5) is 14.6. The number of ether oxygens (including phenoxy) is 1. The number of aliphatic hydroxyl groups is 1. The third-order valence-corrected chi connectivity index (χ3v) is 5.29. The number of piperidine rings is 1.